The van der Waals surface area contributed by atoms with Crippen LogP contribution in [0.5, 0.6) is 0 Å². The molecule has 98 valence electrons. The van der Waals surface area contributed by atoms with Crippen LogP contribution in [-0.4, -0.2) is 30.5 Å². The van der Waals surface area contributed by atoms with Crippen LogP contribution in [0.25, 0.3) is 0 Å². The first-order chi connectivity index (χ1) is 8.35. The summed E-state index contributed by atoms with van der Waals surface area (Å²) in [5.41, 5.74) is 0.927. The SMILES string of the molecule is O=S(=O)([O-])CC1CC(c2ccc(Br)c(F)c2)=NO1. The highest BCUT2D eigenvalue weighted by atomic mass is 79.9. The minimum atomic E-state index is -4.36. The van der Waals surface area contributed by atoms with E-state index in [1.807, 2.05) is 0 Å². The first-order valence-corrected chi connectivity index (χ1v) is 7.34. The molecule has 0 aromatic heterocycles. The zero-order valence-electron chi connectivity index (χ0n) is 8.97. The second-order valence-electron chi connectivity index (χ2n) is 3.82. The van der Waals surface area contributed by atoms with Crippen LogP contribution in [0.1, 0.15) is 12.0 Å². The van der Waals surface area contributed by atoms with Gasteiger partial charge in [0.1, 0.15) is 11.9 Å². The van der Waals surface area contributed by atoms with Gasteiger partial charge in [-0.3, -0.25) is 0 Å². The van der Waals surface area contributed by atoms with Gasteiger partial charge in [0.15, 0.2) is 0 Å². The van der Waals surface area contributed by atoms with Gasteiger partial charge in [0.2, 0.25) is 0 Å². The normalized spacial score (nSPS) is 19.5. The van der Waals surface area contributed by atoms with Crippen molar-refractivity contribution in [2.24, 2.45) is 5.16 Å². The molecule has 1 aromatic carbocycles. The van der Waals surface area contributed by atoms with Crippen LogP contribution < -0.4 is 0 Å². The smallest absolute Gasteiger partial charge is 0.146 e. The van der Waals surface area contributed by atoms with E-state index < -0.39 is 27.8 Å². The molecule has 2 rings (SSSR count). The van der Waals surface area contributed by atoms with Crippen LogP contribution in [-0.2, 0) is 15.0 Å². The Balaban J connectivity index is 2.11. The van der Waals surface area contributed by atoms with Gasteiger partial charge in [0.25, 0.3) is 0 Å². The summed E-state index contributed by atoms with van der Waals surface area (Å²) >= 11 is 3.02. The number of oxime groups is 1. The largest absolute Gasteiger partial charge is 0.748 e. The predicted octanol–water partition coefficient (Wildman–Crippen LogP) is 1.63. The lowest BCUT2D eigenvalue weighted by Gasteiger charge is -2.10. The van der Waals surface area contributed by atoms with E-state index in [4.69, 9.17) is 4.84 Å². The molecule has 0 amide bonds. The number of rotatable bonds is 3. The zero-order chi connectivity index (χ0) is 13.3. The van der Waals surface area contributed by atoms with Crippen LogP contribution >= 0.6 is 15.9 Å². The van der Waals surface area contributed by atoms with Gasteiger partial charge in [-0.05, 0) is 28.1 Å². The first kappa shape index (κ1) is 13.4. The van der Waals surface area contributed by atoms with E-state index in [0.29, 0.717) is 15.7 Å². The quantitative estimate of drug-likeness (QED) is 0.786. The van der Waals surface area contributed by atoms with Gasteiger partial charge in [0.05, 0.1) is 26.1 Å². The van der Waals surface area contributed by atoms with Crippen molar-refractivity contribution >= 4 is 31.8 Å². The molecule has 0 bridgehead atoms. The molecule has 1 aliphatic heterocycles. The van der Waals surface area contributed by atoms with E-state index in [0.717, 1.165) is 0 Å². The summed E-state index contributed by atoms with van der Waals surface area (Å²) < 4.78 is 45.4. The molecule has 0 N–H and O–H groups in total. The minimum Gasteiger partial charge on any atom is -0.748 e. The summed E-state index contributed by atoms with van der Waals surface area (Å²) in [6.07, 6.45) is -0.628. The van der Waals surface area contributed by atoms with E-state index in [1.54, 1.807) is 6.07 Å². The summed E-state index contributed by atoms with van der Waals surface area (Å²) in [7, 11) is -4.36. The maximum atomic E-state index is 13.3. The molecule has 8 heteroatoms. The Morgan fingerprint density at radius 1 is 1.56 bits per heavy atom. The van der Waals surface area contributed by atoms with Crippen molar-refractivity contribution in [3.8, 4) is 0 Å². The topological polar surface area (TPSA) is 78.8 Å². The minimum absolute atomic E-state index is 0.169. The van der Waals surface area contributed by atoms with Gasteiger partial charge < -0.3 is 9.39 Å². The third-order valence-electron chi connectivity index (χ3n) is 2.38. The van der Waals surface area contributed by atoms with Crippen molar-refractivity contribution in [2.45, 2.75) is 12.5 Å². The lowest BCUT2D eigenvalue weighted by molar-refractivity contribution is 0.100. The second kappa shape index (κ2) is 4.94. The molecule has 0 aliphatic carbocycles. The Morgan fingerprint density at radius 2 is 2.28 bits per heavy atom. The van der Waals surface area contributed by atoms with Gasteiger partial charge in [-0.1, -0.05) is 11.2 Å². The zero-order valence-corrected chi connectivity index (χ0v) is 11.4. The number of hydrogen-bond acceptors (Lipinski definition) is 5. The van der Waals surface area contributed by atoms with Crippen LogP contribution in [0.15, 0.2) is 27.8 Å². The van der Waals surface area contributed by atoms with E-state index in [-0.39, 0.29) is 6.42 Å². The lowest BCUT2D eigenvalue weighted by atomic mass is 10.1. The predicted molar refractivity (Wildman–Crippen MR) is 64.7 cm³/mol. The van der Waals surface area contributed by atoms with Gasteiger partial charge in [-0.25, -0.2) is 12.8 Å². The third-order valence-corrected chi connectivity index (χ3v) is 3.80. The van der Waals surface area contributed by atoms with Crippen LogP contribution in [0.3, 0.4) is 0 Å². The van der Waals surface area contributed by atoms with E-state index >= 15 is 0 Å². The molecular weight excluding hydrogens is 329 g/mol. The maximum absolute atomic E-state index is 13.3. The molecule has 1 atom stereocenters. The van der Waals surface area contributed by atoms with Crippen LogP contribution in [0.4, 0.5) is 4.39 Å². The number of benzene rings is 1. The molecule has 18 heavy (non-hydrogen) atoms. The van der Waals surface area contributed by atoms with Crippen LogP contribution in [0.2, 0.25) is 0 Å². The summed E-state index contributed by atoms with van der Waals surface area (Å²) in [6.45, 7) is 0. The van der Waals surface area contributed by atoms with Crippen molar-refractivity contribution < 1.29 is 22.2 Å². The number of halogens is 2. The first-order valence-electron chi connectivity index (χ1n) is 4.97. The Hall–Kier alpha value is -0.990. The standard InChI is InChI=1S/C10H9BrFNO4S/c11-8-2-1-6(3-9(8)12)10-4-7(17-13-10)5-18(14,15)16/h1-3,7H,4-5H2,(H,14,15,16)/p-1. The molecule has 0 fully saturated rings. The van der Waals surface area contributed by atoms with Gasteiger partial charge in [0, 0.05) is 12.0 Å². The van der Waals surface area contributed by atoms with E-state index in [1.165, 1.54) is 12.1 Å². The van der Waals surface area contributed by atoms with Crippen LogP contribution in [0, 0.1) is 5.82 Å². The Morgan fingerprint density at radius 3 is 2.89 bits per heavy atom. The van der Waals surface area contributed by atoms with Gasteiger partial charge >= 0.3 is 0 Å². The number of nitrogens with zero attached hydrogens (tertiary/aromatic N) is 1. The average molecular weight is 337 g/mol. The van der Waals surface area contributed by atoms with Crippen molar-refractivity contribution in [3.63, 3.8) is 0 Å². The Bertz CT molecular complexity index is 602. The summed E-state index contributed by atoms with van der Waals surface area (Å²) in [5.74, 6) is -1.09. The molecule has 1 aromatic rings. The molecular formula is C10H8BrFNO4S-. The average Bonchev–Trinajstić information content (AvgIpc) is 2.68. The molecule has 5 nitrogen and oxygen atoms in total. The molecule has 0 saturated carbocycles. The second-order valence-corrected chi connectivity index (χ2v) is 6.13. The molecule has 0 saturated heterocycles. The summed E-state index contributed by atoms with van der Waals surface area (Å²) in [4.78, 5) is 4.84. The summed E-state index contributed by atoms with van der Waals surface area (Å²) in [6, 6.07) is 4.41. The Labute approximate surface area is 112 Å². The molecule has 1 unspecified atom stereocenters. The lowest BCUT2D eigenvalue weighted by Crippen LogP contribution is -2.20. The van der Waals surface area contributed by atoms with E-state index in [9.17, 15) is 17.4 Å². The Kier molecular flexibility index (Phi) is 3.69. The third kappa shape index (κ3) is 3.27. The van der Waals surface area contributed by atoms with Gasteiger partial charge in [-0.15, -0.1) is 0 Å². The van der Waals surface area contributed by atoms with Gasteiger partial charge in [-0.2, -0.15) is 0 Å². The fourth-order valence-electron chi connectivity index (χ4n) is 1.59. The van der Waals surface area contributed by atoms with Crippen molar-refractivity contribution in [1.82, 2.24) is 0 Å². The van der Waals surface area contributed by atoms with Crippen molar-refractivity contribution in [3.05, 3.63) is 34.1 Å². The maximum Gasteiger partial charge on any atom is 0.146 e. The highest BCUT2D eigenvalue weighted by molar-refractivity contribution is 9.10. The van der Waals surface area contributed by atoms with Crippen molar-refractivity contribution in [1.29, 1.82) is 0 Å². The monoisotopic (exact) mass is 336 g/mol. The fraction of sp³-hybridized carbons (Fsp3) is 0.300. The molecule has 1 aliphatic rings. The molecule has 0 radical (unpaired) electrons. The summed E-state index contributed by atoms with van der Waals surface area (Å²) in [5, 5.41) is 3.67. The molecule has 1 heterocycles. The number of hydrogen-bond donors (Lipinski definition) is 0. The van der Waals surface area contributed by atoms with E-state index in [2.05, 4.69) is 21.1 Å². The fourth-order valence-corrected chi connectivity index (χ4v) is 2.47. The van der Waals surface area contributed by atoms with Crippen molar-refractivity contribution in [2.75, 3.05) is 5.75 Å². The molecule has 0 spiro atoms. The highest BCUT2D eigenvalue weighted by Crippen LogP contribution is 2.21. The highest BCUT2D eigenvalue weighted by Gasteiger charge is 2.24.